The van der Waals surface area contributed by atoms with Crippen molar-refractivity contribution in [2.45, 2.75) is 24.3 Å². The quantitative estimate of drug-likeness (QED) is 0.806. The predicted molar refractivity (Wildman–Crippen MR) is 60.1 cm³/mol. The van der Waals surface area contributed by atoms with E-state index in [4.69, 9.17) is 4.74 Å². The van der Waals surface area contributed by atoms with Crippen LogP contribution in [0.2, 0.25) is 0 Å². The fourth-order valence-electron chi connectivity index (χ4n) is 1.48. The minimum absolute atomic E-state index is 0.296. The van der Waals surface area contributed by atoms with Crippen molar-refractivity contribution in [3.63, 3.8) is 0 Å². The number of ether oxygens (including phenoxy) is 1. The molecule has 0 fully saturated rings. The Balaban J connectivity index is 3.16. The molecule has 15 heavy (non-hydrogen) atoms. The third-order valence-corrected chi connectivity index (χ3v) is 2.78. The van der Waals surface area contributed by atoms with Crippen LogP contribution in [-0.4, -0.2) is 24.6 Å². The lowest BCUT2D eigenvalue weighted by Gasteiger charge is -2.13. The standard InChI is InChI=1S/C11H15FO2S/c1-7(13)4-8-5-9(12)6-10(15-3)11(8)14-2/h5-7,13H,4H2,1-3H3. The summed E-state index contributed by atoms with van der Waals surface area (Å²) in [7, 11) is 1.55. The first-order chi connectivity index (χ1) is 7.08. The first-order valence-corrected chi connectivity index (χ1v) is 5.89. The van der Waals surface area contributed by atoms with Crippen LogP contribution in [0.1, 0.15) is 12.5 Å². The Morgan fingerprint density at radius 1 is 1.53 bits per heavy atom. The number of halogens is 1. The minimum atomic E-state index is -0.504. The maximum absolute atomic E-state index is 13.2. The number of benzene rings is 1. The first kappa shape index (κ1) is 12.3. The zero-order chi connectivity index (χ0) is 11.4. The maximum atomic E-state index is 13.2. The lowest BCUT2D eigenvalue weighted by molar-refractivity contribution is 0.194. The number of rotatable bonds is 4. The second kappa shape index (κ2) is 5.37. The van der Waals surface area contributed by atoms with Crippen molar-refractivity contribution in [2.24, 2.45) is 0 Å². The van der Waals surface area contributed by atoms with E-state index in [1.54, 1.807) is 14.0 Å². The SMILES string of the molecule is COc1c(CC(C)O)cc(F)cc1SC. The molecule has 2 nitrogen and oxygen atoms in total. The van der Waals surface area contributed by atoms with Crippen LogP contribution in [0, 0.1) is 5.82 Å². The van der Waals surface area contributed by atoms with Crippen molar-refractivity contribution < 1.29 is 14.2 Å². The van der Waals surface area contributed by atoms with Crippen LogP contribution in [0.3, 0.4) is 0 Å². The number of aliphatic hydroxyl groups is 1. The van der Waals surface area contributed by atoms with E-state index in [0.717, 1.165) is 4.90 Å². The molecule has 1 aromatic rings. The fourth-order valence-corrected chi connectivity index (χ4v) is 2.11. The fraction of sp³-hybridized carbons (Fsp3) is 0.455. The average molecular weight is 230 g/mol. The van der Waals surface area contributed by atoms with Gasteiger partial charge >= 0.3 is 0 Å². The second-order valence-corrected chi connectivity index (χ2v) is 4.20. The van der Waals surface area contributed by atoms with Crippen molar-refractivity contribution in [3.8, 4) is 5.75 Å². The van der Waals surface area contributed by atoms with E-state index < -0.39 is 6.10 Å². The Labute approximate surface area is 93.5 Å². The van der Waals surface area contributed by atoms with Crippen molar-refractivity contribution >= 4 is 11.8 Å². The van der Waals surface area contributed by atoms with Gasteiger partial charge in [0.1, 0.15) is 11.6 Å². The highest BCUT2D eigenvalue weighted by Gasteiger charge is 2.12. The van der Waals surface area contributed by atoms with Crippen LogP contribution in [0.25, 0.3) is 0 Å². The number of aliphatic hydroxyl groups excluding tert-OH is 1. The van der Waals surface area contributed by atoms with Crippen LogP contribution in [0.5, 0.6) is 5.75 Å². The summed E-state index contributed by atoms with van der Waals surface area (Å²) in [6.45, 7) is 1.67. The van der Waals surface area contributed by atoms with Crippen molar-refractivity contribution in [3.05, 3.63) is 23.5 Å². The van der Waals surface area contributed by atoms with Gasteiger partial charge in [-0.25, -0.2) is 4.39 Å². The van der Waals surface area contributed by atoms with E-state index in [2.05, 4.69) is 0 Å². The summed E-state index contributed by atoms with van der Waals surface area (Å²) < 4.78 is 18.5. The topological polar surface area (TPSA) is 29.5 Å². The maximum Gasteiger partial charge on any atom is 0.135 e. The van der Waals surface area contributed by atoms with E-state index in [9.17, 15) is 9.50 Å². The molecule has 0 aliphatic carbocycles. The Morgan fingerprint density at radius 2 is 2.20 bits per heavy atom. The molecule has 4 heteroatoms. The largest absolute Gasteiger partial charge is 0.495 e. The minimum Gasteiger partial charge on any atom is -0.495 e. The highest BCUT2D eigenvalue weighted by atomic mass is 32.2. The summed E-state index contributed by atoms with van der Waals surface area (Å²) >= 11 is 1.43. The van der Waals surface area contributed by atoms with Gasteiger partial charge in [-0.3, -0.25) is 0 Å². The van der Waals surface area contributed by atoms with Gasteiger partial charge in [0.2, 0.25) is 0 Å². The van der Waals surface area contributed by atoms with E-state index in [1.165, 1.54) is 23.9 Å². The van der Waals surface area contributed by atoms with Crippen molar-refractivity contribution in [1.29, 1.82) is 0 Å². The van der Waals surface area contributed by atoms with Crippen LogP contribution in [0.15, 0.2) is 17.0 Å². The molecule has 0 bridgehead atoms. The van der Waals surface area contributed by atoms with Gasteiger partial charge in [0.25, 0.3) is 0 Å². The molecule has 0 saturated carbocycles. The Morgan fingerprint density at radius 3 is 2.67 bits per heavy atom. The molecule has 0 heterocycles. The Kier molecular flexibility index (Phi) is 4.42. The highest BCUT2D eigenvalue weighted by Crippen LogP contribution is 2.32. The average Bonchev–Trinajstić information content (AvgIpc) is 2.15. The summed E-state index contributed by atoms with van der Waals surface area (Å²) in [6, 6.07) is 2.85. The third-order valence-electron chi connectivity index (χ3n) is 2.04. The number of hydrogen-bond acceptors (Lipinski definition) is 3. The molecule has 0 spiro atoms. The summed E-state index contributed by atoms with van der Waals surface area (Å²) in [5, 5.41) is 9.30. The molecule has 1 rings (SSSR count). The number of hydrogen-bond donors (Lipinski definition) is 1. The molecule has 0 aliphatic rings. The molecule has 0 amide bonds. The van der Waals surface area contributed by atoms with Gasteiger partial charge in [-0.15, -0.1) is 11.8 Å². The monoisotopic (exact) mass is 230 g/mol. The highest BCUT2D eigenvalue weighted by molar-refractivity contribution is 7.98. The number of methoxy groups -OCH3 is 1. The second-order valence-electron chi connectivity index (χ2n) is 3.35. The van der Waals surface area contributed by atoms with Gasteiger partial charge < -0.3 is 9.84 Å². The molecule has 0 radical (unpaired) electrons. The summed E-state index contributed by atoms with van der Waals surface area (Å²) in [6.07, 6.45) is 1.76. The molecule has 1 unspecified atom stereocenters. The molecule has 0 aromatic heterocycles. The molecule has 1 atom stereocenters. The Hall–Kier alpha value is -0.740. The lowest BCUT2D eigenvalue weighted by Crippen LogP contribution is -2.06. The van der Waals surface area contributed by atoms with E-state index in [-0.39, 0.29) is 5.82 Å². The molecule has 0 saturated heterocycles. The van der Waals surface area contributed by atoms with Crippen molar-refractivity contribution in [2.75, 3.05) is 13.4 Å². The van der Waals surface area contributed by atoms with Crippen LogP contribution in [0.4, 0.5) is 4.39 Å². The third kappa shape index (κ3) is 3.11. The normalized spacial score (nSPS) is 12.6. The summed E-state index contributed by atoms with van der Waals surface area (Å²) in [5.74, 6) is 0.362. The van der Waals surface area contributed by atoms with Gasteiger partial charge in [0, 0.05) is 12.0 Å². The number of thioether (sulfide) groups is 1. The summed E-state index contributed by atoms with van der Waals surface area (Å²) in [5.41, 5.74) is 0.705. The predicted octanol–water partition coefficient (Wildman–Crippen LogP) is 2.48. The van der Waals surface area contributed by atoms with E-state index in [1.807, 2.05) is 6.26 Å². The van der Waals surface area contributed by atoms with Crippen LogP contribution in [-0.2, 0) is 6.42 Å². The van der Waals surface area contributed by atoms with E-state index >= 15 is 0 Å². The molecule has 1 N–H and O–H groups in total. The molecule has 84 valence electrons. The molecule has 1 aromatic carbocycles. The zero-order valence-corrected chi connectivity index (χ0v) is 9.90. The Bertz CT molecular complexity index is 340. The van der Waals surface area contributed by atoms with Crippen LogP contribution < -0.4 is 4.74 Å². The zero-order valence-electron chi connectivity index (χ0n) is 9.08. The van der Waals surface area contributed by atoms with E-state index in [0.29, 0.717) is 17.7 Å². The smallest absolute Gasteiger partial charge is 0.135 e. The molecular formula is C11H15FO2S. The van der Waals surface area contributed by atoms with Gasteiger partial charge in [-0.05, 0) is 25.3 Å². The van der Waals surface area contributed by atoms with Crippen LogP contribution >= 0.6 is 11.8 Å². The molecule has 0 aliphatic heterocycles. The van der Waals surface area contributed by atoms with Gasteiger partial charge in [-0.2, -0.15) is 0 Å². The summed E-state index contributed by atoms with van der Waals surface area (Å²) in [4.78, 5) is 0.758. The van der Waals surface area contributed by atoms with Gasteiger partial charge in [0.05, 0.1) is 18.1 Å². The first-order valence-electron chi connectivity index (χ1n) is 4.67. The lowest BCUT2D eigenvalue weighted by atomic mass is 10.1. The van der Waals surface area contributed by atoms with Crippen molar-refractivity contribution in [1.82, 2.24) is 0 Å². The molecular weight excluding hydrogens is 215 g/mol. The van der Waals surface area contributed by atoms with Gasteiger partial charge in [-0.1, -0.05) is 0 Å². The van der Waals surface area contributed by atoms with Gasteiger partial charge in [0.15, 0.2) is 0 Å².